The SMILES string of the molecule is CC[NH+](CC(=O)NC(C)(C)C)Cc1ccc(C#N)cc1. The summed E-state index contributed by atoms with van der Waals surface area (Å²) < 4.78 is 0. The molecule has 0 radical (unpaired) electrons. The number of carbonyl (C=O) groups excluding carboxylic acids is 1. The van der Waals surface area contributed by atoms with Crippen LogP contribution < -0.4 is 10.2 Å². The molecule has 0 aliphatic carbocycles. The molecule has 0 heterocycles. The van der Waals surface area contributed by atoms with Crippen LogP contribution in [0.25, 0.3) is 0 Å². The van der Waals surface area contributed by atoms with Crippen molar-refractivity contribution < 1.29 is 9.69 Å². The molecule has 0 aliphatic heterocycles. The van der Waals surface area contributed by atoms with Crippen LogP contribution >= 0.6 is 0 Å². The summed E-state index contributed by atoms with van der Waals surface area (Å²) in [6, 6.07) is 9.65. The van der Waals surface area contributed by atoms with Gasteiger partial charge in [-0.05, 0) is 39.8 Å². The van der Waals surface area contributed by atoms with Gasteiger partial charge in [0.2, 0.25) is 0 Å². The lowest BCUT2D eigenvalue weighted by Gasteiger charge is -2.23. The molecule has 1 aromatic carbocycles. The maximum absolute atomic E-state index is 11.9. The first kappa shape index (κ1) is 16.2. The van der Waals surface area contributed by atoms with Crippen LogP contribution in [0.1, 0.15) is 38.8 Å². The second-order valence-electron chi connectivity index (χ2n) is 6.06. The Hall–Kier alpha value is -1.86. The zero-order chi connectivity index (χ0) is 15.2. The molecule has 4 nitrogen and oxygen atoms in total. The molecular formula is C16H24N3O+. The molecule has 0 fully saturated rings. The highest BCUT2D eigenvalue weighted by molar-refractivity contribution is 5.77. The molecule has 2 N–H and O–H groups in total. The Morgan fingerprint density at radius 1 is 1.30 bits per heavy atom. The Bertz CT molecular complexity index is 480. The van der Waals surface area contributed by atoms with Crippen molar-refractivity contribution >= 4 is 5.91 Å². The number of hydrogen-bond donors (Lipinski definition) is 2. The number of nitrogens with zero attached hydrogens (tertiary/aromatic N) is 1. The van der Waals surface area contributed by atoms with E-state index in [9.17, 15) is 4.79 Å². The van der Waals surface area contributed by atoms with Crippen molar-refractivity contribution in [2.24, 2.45) is 0 Å². The summed E-state index contributed by atoms with van der Waals surface area (Å²) in [5, 5.41) is 11.8. The van der Waals surface area contributed by atoms with Crippen molar-refractivity contribution in [2.45, 2.75) is 39.8 Å². The zero-order valence-corrected chi connectivity index (χ0v) is 12.8. The summed E-state index contributed by atoms with van der Waals surface area (Å²) in [7, 11) is 0. The fourth-order valence-corrected chi connectivity index (χ4v) is 1.99. The van der Waals surface area contributed by atoms with Gasteiger partial charge in [0, 0.05) is 11.1 Å². The van der Waals surface area contributed by atoms with E-state index in [1.54, 1.807) is 0 Å². The molecule has 0 saturated carbocycles. The number of carbonyl (C=O) groups is 1. The number of nitriles is 1. The average molecular weight is 274 g/mol. The maximum atomic E-state index is 11.9. The predicted octanol–water partition coefficient (Wildman–Crippen LogP) is 0.878. The van der Waals surface area contributed by atoms with Gasteiger partial charge in [0.1, 0.15) is 6.54 Å². The van der Waals surface area contributed by atoms with E-state index in [0.29, 0.717) is 12.1 Å². The summed E-state index contributed by atoms with van der Waals surface area (Å²) >= 11 is 0. The van der Waals surface area contributed by atoms with E-state index < -0.39 is 0 Å². The molecule has 0 saturated heterocycles. The molecule has 108 valence electrons. The molecule has 1 amide bonds. The van der Waals surface area contributed by atoms with E-state index in [0.717, 1.165) is 18.7 Å². The Balaban J connectivity index is 2.58. The van der Waals surface area contributed by atoms with Crippen LogP contribution in [0.5, 0.6) is 0 Å². The van der Waals surface area contributed by atoms with Crippen molar-refractivity contribution in [3.8, 4) is 6.07 Å². The third kappa shape index (κ3) is 5.85. The van der Waals surface area contributed by atoms with Crippen LogP contribution in [-0.2, 0) is 11.3 Å². The largest absolute Gasteiger partial charge is 0.347 e. The van der Waals surface area contributed by atoms with E-state index in [1.165, 1.54) is 4.90 Å². The average Bonchev–Trinajstić information content (AvgIpc) is 2.36. The Morgan fingerprint density at radius 3 is 2.35 bits per heavy atom. The molecule has 4 heteroatoms. The smallest absolute Gasteiger partial charge is 0.275 e. The molecule has 0 aromatic heterocycles. The highest BCUT2D eigenvalue weighted by Gasteiger charge is 2.18. The Labute approximate surface area is 121 Å². The third-order valence-electron chi connectivity index (χ3n) is 2.96. The monoisotopic (exact) mass is 274 g/mol. The van der Waals surface area contributed by atoms with Gasteiger partial charge in [-0.3, -0.25) is 4.79 Å². The summed E-state index contributed by atoms with van der Waals surface area (Å²) in [5.41, 5.74) is 1.62. The maximum Gasteiger partial charge on any atom is 0.275 e. The van der Waals surface area contributed by atoms with Gasteiger partial charge in [-0.25, -0.2) is 0 Å². The fraction of sp³-hybridized carbons (Fsp3) is 0.500. The number of rotatable bonds is 5. The van der Waals surface area contributed by atoms with Crippen molar-refractivity contribution in [3.05, 3.63) is 35.4 Å². The number of quaternary nitrogens is 1. The fourth-order valence-electron chi connectivity index (χ4n) is 1.99. The molecule has 1 aromatic rings. The van der Waals surface area contributed by atoms with Gasteiger partial charge >= 0.3 is 0 Å². The van der Waals surface area contributed by atoms with Crippen LogP contribution in [0, 0.1) is 11.3 Å². The van der Waals surface area contributed by atoms with Gasteiger partial charge in [0.25, 0.3) is 5.91 Å². The minimum Gasteiger partial charge on any atom is -0.347 e. The van der Waals surface area contributed by atoms with Gasteiger partial charge in [-0.1, -0.05) is 12.1 Å². The van der Waals surface area contributed by atoms with Crippen LogP contribution in [-0.4, -0.2) is 24.5 Å². The minimum absolute atomic E-state index is 0.0722. The Morgan fingerprint density at radius 2 is 1.90 bits per heavy atom. The predicted molar refractivity (Wildman–Crippen MR) is 79.1 cm³/mol. The van der Waals surface area contributed by atoms with Gasteiger partial charge in [-0.15, -0.1) is 0 Å². The second-order valence-corrected chi connectivity index (χ2v) is 6.06. The summed E-state index contributed by atoms with van der Waals surface area (Å²) in [4.78, 5) is 13.1. The van der Waals surface area contributed by atoms with Gasteiger partial charge < -0.3 is 10.2 Å². The lowest BCUT2D eigenvalue weighted by Crippen LogP contribution is -3.11. The van der Waals surface area contributed by atoms with Crippen LogP contribution in [0.2, 0.25) is 0 Å². The number of likely N-dealkylation sites (N-methyl/N-ethyl adjacent to an activating group) is 1. The number of nitrogens with one attached hydrogen (secondary N) is 2. The molecule has 1 rings (SSSR count). The molecule has 1 unspecified atom stereocenters. The number of amides is 1. The number of benzene rings is 1. The van der Waals surface area contributed by atoms with Crippen LogP contribution in [0.15, 0.2) is 24.3 Å². The third-order valence-corrected chi connectivity index (χ3v) is 2.96. The minimum atomic E-state index is -0.190. The molecular weight excluding hydrogens is 250 g/mol. The van der Waals surface area contributed by atoms with Crippen molar-refractivity contribution in [1.82, 2.24) is 5.32 Å². The molecule has 20 heavy (non-hydrogen) atoms. The van der Waals surface area contributed by atoms with Gasteiger partial charge in [-0.2, -0.15) is 5.26 Å². The van der Waals surface area contributed by atoms with Crippen molar-refractivity contribution in [3.63, 3.8) is 0 Å². The Kier molecular flexibility index (Phi) is 5.72. The van der Waals surface area contributed by atoms with Gasteiger partial charge in [0.15, 0.2) is 6.54 Å². The molecule has 0 spiro atoms. The molecule has 1 atom stereocenters. The first-order valence-corrected chi connectivity index (χ1v) is 6.97. The van der Waals surface area contributed by atoms with E-state index in [2.05, 4.69) is 18.3 Å². The first-order valence-electron chi connectivity index (χ1n) is 6.97. The molecule has 0 aliphatic rings. The van der Waals surface area contributed by atoms with Crippen molar-refractivity contribution in [2.75, 3.05) is 13.1 Å². The van der Waals surface area contributed by atoms with Crippen molar-refractivity contribution in [1.29, 1.82) is 5.26 Å². The van der Waals surface area contributed by atoms with Crippen LogP contribution in [0.3, 0.4) is 0 Å². The lowest BCUT2D eigenvalue weighted by molar-refractivity contribution is -0.904. The van der Waals surface area contributed by atoms with Gasteiger partial charge in [0.05, 0.1) is 18.2 Å². The number of hydrogen-bond acceptors (Lipinski definition) is 2. The first-order chi connectivity index (χ1) is 9.34. The zero-order valence-electron chi connectivity index (χ0n) is 12.8. The van der Waals surface area contributed by atoms with E-state index >= 15 is 0 Å². The van der Waals surface area contributed by atoms with E-state index in [1.807, 2.05) is 45.0 Å². The van der Waals surface area contributed by atoms with E-state index in [-0.39, 0.29) is 11.4 Å². The van der Waals surface area contributed by atoms with E-state index in [4.69, 9.17) is 5.26 Å². The quantitative estimate of drug-likeness (QED) is 0.837. The lowest BCUT2D eigenvalue weighted by atomic mass is 10.1. The summed E-state index contributed by atoms with van der Waals surface area (Å²) in [6.45, 7) is 10.2. The van der Waals surface area contributed by atoms with Crippen LogP contribution in [0.4, 0.5) is 0 Å². The normalized spacial score (nSPS) is 12.6. The summed E-state index contributed by atoms with van der Waals surface area (Å²) in [6.07, 6.45) is 0. The standard InChI is InChI=1S/C16H23N3O/c1-5-19(12-15(20)18-16(2,3)4)11-14-8-6-13(10-17)7-9-14/h6-9H,5,11-12H2,1-4H3,(H,18,20)/p+1. The topological polar surface area (TPSA) is 57.3 Å². The summed E-state index contributed by atoms with van der Waals surface area (Å²) in [5.74, 6) is 0.0722. The highest BCUT2D eigenvalue weighted by atomic mass is 16.2. The highest BCUT2D eigenvalue weighted by Crippen LogP contribution is 2.01. The molecule has 0 bridgehead atoms. The second kappa shape index (κ2) is 7.06.